The topological polar surface area (TPSA) is 67.9 Å². The summed E-state index contributed by atoms with van der Waals surface area (Å²) >= 11 is 0. The van der Waals surface area contributed by atoms with Crippen LogP contribution < -0.4 is 19.7 Å². The van der Waals surface area contributed by atoms with Gasteiger partial charge < -0.3 is 19.7 Å². The molecule has 1 aromatic rings. The molecule has 22 heavy (non-hydrogen) atoms. The van der Waals surface area contributed by atoms with Crippen LogP contribution in [0.1, 0.15) is 19.3 Å². The van der Waals surface area contributed by atoms with Gasteiger partial charge in [-0.25, -0.2) is 0 Å². The smallest absolute Gasteiger partial charge is 0.229 e. The van der Waals surface area contributed by atoms with Gasteiger partial charge in [-0.1, -0.05) is 0 Å². The summed E-state index contributed by atoms with van der Waals surface area (Å²) in [6, 6.07) is 5.41. The summed E-state index contributed by atoms with van der Waals surface area (Å²) in [5.74, 6) is 1.65. The zero-order chi connectivity index (χ0) is 15.1. The van der Waals surface area contributed by atoms with Crippen molar-refractivity contribution < 1.29 is 19.1 Å². The van der Waals surface area contributed by atoms with Crippen molar-refractivity contribution in [1.29, 1.82) is 0 Å². The molecule has 1 saturated heterocycles. The number of ether oxygens (including phenoxy) is 2. The molecule has 0 radical (unpaired) electrons. The Balaban J connectivity index is 1.47. The highest BCUT2D eigenvalue weighted by atomic mass is 16.6. The van der Waals surface area contributed by atoms with E-state index >= 15 is 0 Å². The van der Waals surface area contributed by atoms with Crippen molar-refractivity contribution in [3.05, 3.63) is 18.2 Å². The molecule has 0 spiro atoms. The zero-order valence-corrected chi connectivity index (χ0v) is 12.2. The molecular weight excluding hydrogens is 284 g/mol. The molecule has 2 amide bonds. The van der Waals surface area contributed by atoms with Gasteiger partial charge >= 0.3 is 0 Å². The quantitative estimate of drug-likeness (QED) is 0.907. The van der Waals surface area contributed by atoms with E-state index in [1.165, 1.54) is 0 Å². The standard InChI is InChI=1S/C16H18N2O4/c19-15-7-11(17-16(20)10-1-2-10)9-18(15)12-3-4-13-14(8-12)22-6-5-21-13/h3-4,8,10-11H,1-2,5-7,9H2,(H,17,20)/t11-/m0/s1. The first-order valence-corrected chi connectivity index (χ1v) is 7.71. The lowest BCUT2D eigenvalue weighted by molar-refractivity contribution is -0.122. The van der Waals surface area contributed by atoms with Crippen LogP contribution >= 0.6 is 0 Å². The maximum absolute atomic E-state index is 12.2. The highest BCUT2D eigenvalue weighted by molar-refractivity contribution is 5.97. The second-order valence-electron chi connectivity index (χ2n) is 6.02. The molecular formula is C16H18N2O4. The Morgan fingerprint density at radius 2 is 1.95 bits per heavy atom. The number of benzene rings is 1. The van der Waals surface area contributed by atoms with Gasteiger partial charge in [0, 0.05) is 30.6 Å². The van der Waals surface area contributed by atoms with Crippen molar-refractivity contribution in [2.75, 3.05) is 24.7 Å². The van der Waals surface area contributed by atoms with E-state index in [9.17, 15) is 9.59 Å². The van der Waals surface area contributed by atoms with E-state index in [1.54, 1.807) is 4.90 Å². The van der Waals surface area contributed by atoms with Gasteiger partial charge in [-0.2, -0.15) is 0 Å². The van der Waals surface area contributed by atoms with E-state index in [1.807, 2.05) is 18.2 Å². The van der Waals surface area contributed by atoms with Gasteiger partial charge in [-0.05, 0) is 25.0 Å². The second-order valence-corrected chi connectivity index (χ2v) is 6.02. The molecule has 2 heterocycles. The van der Waals surface area contributed by atoms with Crippen molar-refractivity contribution in [1.82, 2.24) is 5.32 Å². The number of nitrogens with zero attached hydrogens (tertiary/aromatic N) is 1. The van der Waals surface area contributed by atoms with E-state index < -0.39 is 0 Å². The summed E-state index contributed by atoms with van der Waals surface area (Å²) in [5.41, 5.74) is 0.789. The van der Waals surface area contributed by atoms with Crippen LogP contribution in [0.15, 0.2) is 18.2 Å². The first kappa shape index (κ1) is 13.4. The Hall–Kier alpha value is -2.24. The number of carbonyl (C=O) groups is 2. The molecule has 6 heteroatoms. The molecule has 4 rings (SSSR count). The van der Waals surface area contributed by atoms with Crippen molar-refractivity contribution >= 4 is 17.5 Å². The fourth-order valence-corrected chi connectivity index (χ4v) is 2.92. The molecule has 1 saturated carbocycles. The molecule has 0 unspecified atom stereocenters. The minimum absolute atomic E-state index is 0.0257. The number of hydrogen-bond acceptors (Lipinski definition) is 4. The second kappa shape index (κ2) is 5.19. The Kier molecular flexibility index (Phi) is 3.17. The summed E-state index contributed by atoms with van der Waals surface area (Å²) < 4.78 is 11.0. The number of anilines is 1. The average molecular weight is 302 g/mol. The Labute approximate surface area is 128 Å². The monoisotopic (exact) mass is 302 g/mol. The number of fused-ring (bicyclic) bond motifs is 1. The van der Waals surface area contributed by atoms with Crippen LogP contribution in [-0.4, -0.2) is 37.6 Å². The van der Waals surface area contributed by atoms with Crippen LogP contribution in [0, 0.1) is 5.92 Å². The number of hydrogen-bond donors (Lipinski definition) is 1. The molecule has 116 valence electrons. The maximum Gasteiger partial charge on any atom is 0.229 e. The molecule has 3 aliphatic rings. The molecule has 2 fully saturated rings. The van der Waals surface area contributed by atoms with Crippen LogP contribution in [-0.2, 0) is 9.59 Å². The summed E-state index contributed by atoms with van der Waals surface area (Å²) in [4.78, 5) is 25.8. The van der Waals surface area contributed by atoms with E-state index in [-0.39, 0.29) is 23.8 Å². The van der Waals surface area contributed by atoms with Crippen LogP contribution in [0.3, 0.4) is 0 Å². The van der Waals surface area contributed by atoms with E-state index in [0.29, 0.717) is 37.7 Å². The van der Waals surface area contributed by atoms with Crippen molar-refractivity contribution in [3.8, 4) is 11.5 Å². The number of amides is 2. The third kappa shape index (κ3) is 2.49. The Morgan fingerprint density at radius 3 is 2.73 bits per heavy atom. The summed E-state index contributed by atoms with van der Waals surface area (Å²) in [6.45, 7) is 1.58. The number of carbonyl (C=O) groups excluding carboxylic acids is 2. The van der Waals surface area contributed by atoms with Gasteiger partial charge in [0.1, 0.15) is 13.2 Å². The lowest BCUT2D eigenvalue weighted by atomic mass is 10.2. The molecule has 0 bridgehead atoms. The van der Waals surface area contributed by atoms with Crippen molar-refractivity contribution in [2.45, 2.75) is 25.3 Å². The first-order chi connectivity index (χ1) is 10.7. The minimum atomic E-state index is -0.103. The molecule has 1 aromatic carbocycles. The Bertz CT molecular complexity index is 627. The normalized spacial score (nSPS) is 23.5. The number of rotatable bonds is 3. The van der Waals surface area contributed by atoms with Crippen molar-refractivity contribution in [2.24, 2.45) is 5.92 Å². The fourth-order valence-electron chi connectivity index (χ4n) is 2.92. The maximum atomic E-state index is 12.2. The molecule has 1 aliphatic carbocycles. The van der Waals surface area contributed by atoms with Gasteiger partial charge in [0.15, 0.2) is 11.5 Å². The van der Waals surface area contributed by atoms with Crippen molar-refractivity contribution in [3.63, 3.8) is 0 Å². The van der Waals surface area contributed by atoms with Crippen LogP contribution in [0.4, 0.5) is 5.69 Å². The summed E-state index contributed by atoms with van der Waals surface area (Å²) in [5, 5.41) is 2.98. The molecule has 6 nitrogen and oxygen atoms in total. The third-order valence-corrected chi connectivity index (χ3v) is 4.26. The van der Waals surface area contributed by atoms with Crippen LogP contribution in [0.2, 0.25) is 0 Å². The third-order valence-electron chi connectivity index (χ3n) is 4.26. The lowest BCUT2D eigenvalue weighted by Gasteiger charge is -2.22. The SMILES string of the molecule is O=C(N[C@H]1CC(=O)N(c2ccc3c(c2)OCCO3)C1)C1CC1. The lowest BCUT2D eigenvalue weighted by Crippen LogP contribution is -2.38. The largest absolute Gasteiger partial charge is 0.486 e. The highest BCUT2D eigenvalue weighted by Crippen LogP contribution is 2.35. The van der Waals surface area contributed by atoms with Crippen LogP contribution in [0.5, 0.6) is 11.5 Å². The zero-order valence-electron chi connectivity index (χ0n) is 12.2. The van der Waals surface area contributed by atoms with Crippen LogP contribution in [0.25, 0.3) is 0 Å². The predicted molar refractivity (Wildman–Crippen MR) is 79.1 cm³/mol. The first-order valence-electron chi connectivity index (χ1n) is 7.71. The Morgan fingerprint density at radius 1 is 1.18 bits per heavy atom. The molecule has 2 aliphatic heterocycles. The van der Waals surface area contributed by atoms with Gasteiger partial charge in [-0.15, -0.1) is 0 Å². The highest BCUT2D eigenvalue weighted by Gasteiger charge is 2.36. The number of nitrogens with one attached hydrogen (secondary N) is 1. The molecule has 1 atom stereocenters. The van der Waals surface area contributed by atoms with Gasteiger partial charge in [0.05, 0.1) is 6.04 Å². The predicted octanol–water partition coefficient (Wildman–Crippen LogP) is 1.09. The van der Waals surface area contributed by atoms with E-state index in [2.05, 4.69) is 5.32 Å². The summed E-state index contributed by atoms with van der Waals surface area (Å²) in [6.07, 6.45) is 2.30. The fraction of sp³-hybridized carbons (Fsp3) is 0.500. The average Bonchev–Trinajstić information content (AvgIpc) is 3.31. The van der Waals surface area contributed by atoms with E-state index in [0.717, 1.165) is 18.5 Å². The van der Waals surface area contributed by atoms with Gasteiger partial charge in [0.2, 0.25) is 11.8 Å². The van der Waals surface area contributed by atoms with E-state index in [4.69, 9.17) is 9.47 Å². The van der Waals surface area contributed by atoms with Gasteiger partial charge in [0.25, 0.3) is 0 Å². The molecule has 1 N–H and O–H groups in total. The summed E-state index contributed by atoms with van der Waals surface area (Å²) in [7, 11) is 0. The minimum Gasteiger partial charge on any atom is -0.486 e. The molecule has 0 aromatic heterocycles. The van der Waals surface area contributed by atoms with Gasteiger partial charge in [-0.3, -0.25) is 9.59 Å².